The van der Waals surface area contributed by atoms with E-state index < -0.39 is 5.76 Å². The van der Waals surface area contributed by atoms with Gasteiger partial charge < -0.3 is 0 Å². The Morgan fingerprint density at radius 3 is 2.84 bits per heavy atom. The van der Waals surface area contributed by atoms with E-state index in [2.05, 4.69) is 25.7 Å². The Labute approximate surface area is 112 Å². The number of H-pyrrole nitrogens is 1. The van der Waals surface area contributed by atoms with E-state index in [0.29, 0.717) is 16.4 Å². The Kier molecular flexibility index (Phi) is 2.89. The molecular weight excluding hydrogens is 266 g/mol. The molecule has 6 heteroatoms. The van der Waals surface area contributed by atoms with Crippen LogP contribution in [-0.4, -0.2) is 15.1 Å². The largest absolute Gasteiger partial charge is 0.439 e. The summed E-state index contributed by atoms with van der Waals surface area (Å²) in [5, 5.41) is 4.12. The molecule has 0 unspecified atom stereocenters. The van der Waals surface area contributed by atoms with Crippen molar-refractivity contribution in [2.24, 2.45) is 0 Å². The second kappa shape index (κ2) is 4.70. The number of benzene rings is 1. The standard InChI is InChI=1S/C13H7ClN3O2/c14-10-7-8(12-16-13(18)19-17-12)4-5-9(10)11-3-1-2-6-15-11/h1,3-7H,(H,16,17,18). The van der Waals surface area contributed by atoms with Crippen molar-refractivity contribution in [1.29, 1.82) is 0 Å². The highest BCUT2D eigenvalue weighted by molar-refractivity contribution is 6.33. The van der Waals surface area contributed by atoms with E-state index in [0.717, 1.165) is 11.3 Å². The fourth-order valence-electron chi connectivity index (χ4n) is 1.70. The lowest BCUT2D eigenvalue weighted by molar-refractivity contribution is 0.388. The lowest BCUT2D eigenvalue weighted by Gasteiger charge is -2.04. The van der Waals surface area contributed by atoms with Gasteiger partial charge in [-0.1, -0.05) is 35.0 Å². The summed E-state index contributed by atoms with van der Waals surface area (Å²) in [6, 6.07) is 11.7. The van der Waals surface area contributed by atoms with Gasteiger partial charge in [-0.2, -0.15) is 0 Å². The minimum Gasteiger partial charge on any atom is -0.296 e. The predicted molar refractivity (Wildman–Crippen MR) is 69.6 cm³/mol. The highest BCUT2D eigenvalue weighted by Crippen LogP contribution is 2.29. The van der Waals surface area contributed by atoms with Crippen molar-refractivity contribution in [2.45, 2.75) is 0 Å². The Morgan fingerprint density at radius 2 is 2.21 bits per heavy atom. The monoisotopic (exact) mass is 272 g/mol. The number of aromatic amines is 1. The molecular formula is C13H7ClN3O2. The van der Waals surface area contributed by atoms with Crippen LogP contribution >= 0.6 is 11.6 Å². The Morgan fingerprint density at radius 1 is 1.32 bits per heavy atom. The molecule has 0 amide bonds. The second-order valence-corrected chi connectivity index (χ2v) is 4.19. The Hall–Kier alpha value is -2.40. The van der Waals surface area contributed by atoms with Crippen molar-refractivity contribution in [3.05, 3.63) is 58.2 Å². The number of aromatic nitrogens is 3. The van der Waals surface area contributed by atoms with E-state index in [9.17, 15) is 4.79 Å². The summed E-state index contributed by atoms with van der Waals surface area (Å²) >= 11 is 6.22. The van der Waals surface area contributed by atoms with Gasteiger partial charge in [0.2, 0.25) is 0 Å². The molecule has 0 aliphatic heterocycles. The minimum atomic E-state index is -0.601. The first-order chi connectivity index (χ1) is 9.24. The lowest BCUT2D eigenvalue weighted by Crippen LogP contribution is -1.95. The molecule has 0 saturated heterocycles. The maximum atomic E-state index is 10.9. The molecule has 2 aromatic heterocycles. The van der Waals surface area contributed by atoms with Crippen molar-refractivity contribution in [2.75, 3.05) is 0 Å². The zero-order chi connectivity index (χ0) is 13.2. The number of nitrogens with one attached hydrogen (secondary N) is 1. The molecule has 2 heterocycles. The van der Waals surface area contributed by atoms with Gasteiger partial charge in [0.15, 0.2) is 5.82 Å². The number of rotatable bonds is 2. The summed E-state index contributed by atoms with van der Waals surface area (Å²) < 4.78 is 4.45. The average Bonchev–Trinajstić information content (AvgIpc) is 2.86. The maximum Gasteiger partial charge on any atom is 0.439 e. The van der Waals surface area contributed by atoms with Crippen molar-refractivity contribution in [3.63, 3.8) is 0 Å². The average molecular weight is 273 g/mol. The first kappa shape index (κ1) is 11.7. The molecule has 93 valence electrons. The van der Waals surface area contributed by atoms with Gasteiger partial charge in [0.25, 0.3) is 0 Å². The van der Waals surface area contributed by atoms with Gasteiger partial charge in [0.05, 0.1) is 10.7 Å². The summed E-state index contributed by atoms with van der Waals surface area (Å²) in [4.78, 5) is 17.6. The van der Waals surface area contributed by atoms with Gasteiger partial charge in [0, 0.05) is 23.4 Å². The molecule has 0 fully saturated rings. The van der Waals surface area contributed by atoms with E-state index in [1.54, 1.807) is 24.4 Å². The third kappa shape index (κ3) is 2.28. The van der Waals surface area contributed by atoms with E-state index in [1.807, 2.05) is 12.1 Å². The van der Waals surface area contributed by atoms with Crippen molar-refractivity contribution in [1.82, 2.24) is 15.1 Å². The van der Waals surface area contributed by atoms with Crippen LogP contribution in [0.25, 0.3) is 22.6 Å². The SMILES string of the molecule is O=c1[nH]c(-c2ccc(-c3cc[c]cn3)c(Cl)c2)no1. The summed E-state index contributed by atoms with van der Waals surface area (Å²) in [5.74, 6) is -0.261. The summed E-state index contributed by atoms with van der Waals surface area (Å²) in [6.07, 6.45) is 1.58. The third-order valence-corrected chi connectivity index (χ3v) is 2.89. The van der Waals surface area contributed by atoms with E-state index in [1.165, 1.54) is 0 Å². The first-order valence-corrected chi connectivity index (χ1v) is 5.80. The highest BCUT2D eigenvalue weighted by Gasteiger charge is 2.09. The van der Waals surface area contributed by atoms with Gasteiger partial charge in [0.1, 0.15) is 0 Å². The molecule has 0 spiro atoms. The minimum absolute atomic E-state index is 0.341. The molecule has 0 saturated carbocycles. The number of pyridine rings is 1. The van der Waals surface area contributed by atoms with Crippen LogP contribution in [0.15, 0.2) is 45.8 Å². The summed E-state index contributed by atoms with van der Waals surface area (Å²) in [7, 11) is 0. The van der Waals surface area contributed by atoms with Crippen LogP contribution in [0, 0.1) is 6.07 Å². The Bertz CT molecular complexity index is 765. The van der Waals surface area contributed by atoms with Gasteiger partial charge in [-0.05, 0) is 12.1 Å². The molecule has 3 rings (SSSR count). The fraction of sp³-hybridized carbons (Fsp3) is 0. The topological polar surface area (TPSA) is 71.8 Å². The van der Waals surface area contributed by atoms with Crippen LogP contribution in [0.1, 0.15) is 0 Å². The smallest absolute Gasteiger partial charge is 0.296 e. The van der Waals surface area contributed by atoms with Gasteiger partial charge in [-0.3, -0.25) is 14.5 Å². The molecule has 0 aliphatic carbocycles. The van der Waals surface area contributed by atoms with Crippen LogP contribution < -0.4 is 5.76 Å². The molecule has 19 heavy (non-hydrogen) atoms. The van der Waals surface area contributed by atoms with Gasteiger partial charge >= 0.3 is 5.76 Å². The summed E-state index contributed by atoms with van der Waals surface area (Å²) in [6.45, 7) is 0. The summed E-state index contributed by atoms with van der Waals surface area (Å²) in [5.41, 5.74) is 2.22. The van der Waals surface area contributed by atoms with Gasteiger partial charge in [-0.15, -0.1) is 0 Å². The van der Waals surface area contributed by atoms with Crippen LogP contribution in [0.4, 0.5) is 0 Å². The second-order valence-electron chi connectivity index (χ2n) is 3.78. The zero-order valence-corrected chi connectivity index (χ0v) is 10.3. The van der Waals surface area contributed by atoms with Crippen LogP contribution in [0.5, 0.6) is 0 Å². The normalized spacial score (nSPS) is 10.6. The molecule has 0 bridgehead atoms. The molecule has 3 aromatic rings. The quantitative estimate of drug-likeness (QED) is 0.778. The third-order valence-electron chi connectivity index (χ3n) is 2.57. The van der Waals surface area contributed by atoms with Crippen molar-refractivity contribution in [3.8, 4) is 22.6 Å². The van der Waals surface area contributed by atoms with E-state index in [-0.39, 0.29) is 0 Å². The Balaban J connectivity index is 2.06. The predicted octanol–water partition coefficient (Wildman–Crippen LogP) is 2.55. The van der Waals surface area contributed by atoms with Crippen molar-refractivity contribution < 1.29 is 4.52 Å². The van der Waals surface area contributed by atoms with Gasteiger partial charge in [-0.25, -0.2) is 4.79 Å². The number of halogens is 1. The molecule has 1 N–H and O–H groups in total. The fourth-order valence-corrected chi connectivity index (χ4v) is 1.98. The number of hydrogen-bond acceptors (Lipinski definition) is 4. The van der Waals surface area contributed by atoms with E-state index >= 15 is 0 Å². The lowest BCUT2D eigenvalue weighted by atomic mass is 10.1. The number of nitrogens with zero attached hydrogens (tertiary/aromatic N) is 2. The van der Waals surface area contributed by atoms with Crippen LogP contribution in [-0.2, 0) is 0 Å². The highest BCUT2D eigenvalue weighted by atomic mass is 35.5. The maximum absolute atomic E-state index is 10.9. The molecule has 0 atom stereocenters. The molecule has 1 aromatic carbocycles. The molecule has 1 radical (unpaired) electrons. The van der Waals surface area contributed by atoms with Crippen LogP contribution in [0.2, 0.25) is 5.02 Å². The number of hydrogen-bond donors (Lipinski definition) is 1. The first-order valence-electron chi connectivity index (χ1n) is 5.42. The van der Waals surface area contributed by atoms with Crippen molar-refractivity contribution >= 4 is 11.6 Å². The zero-order valence-electron chi connectivity index (χ0n) is 9.55. The molecule has 0 aliphatic rings. The molecule has 5 nitrogen and oxygen atoms in total. The van der Waals surface area contributed by atoms with Crippen LogP contribution in [0.3, 0.4) is 0 Å². The van der Waals surface area contributed by atoms with E-state index in [4.69, 9.17) is 11.6 Å².